The average molecular weight is 289 g/mol. The fourth-order valence-electron chi connectivity index (χ4n) is 3.19. The molecule has 0 radical (unpaired) electrons. The van der Waals surface area contributed by atoms with Crippen molar-refractivity contribution in [2.45, 2.75) is 51.6 Å². The van der Waals surface area contributed by atoms with E-state index in [4.69, 9.17) is 5.73 Å². The summed E-state index contributed by atoms with van der Waals surface area (Å²) in [5.74, 6) is 0.704. The molecular weight excluding hydrogens is 262 g/mol. The van der Waals surface area contributed by atoms with Crippen LogP contribution in [0.5, 0.6) is 0 Å². The van der Waals surface area contributed by atoms with Gasteiger partial charge in [0.05, 0.1) is 6.04 Å². The van der Waals surface area contributed by atoms with Gasteiger partial charge < -0.3 is 11.1 Å². The lowest BCUT2D eigenvalue weighted by Crippen LogP contribution is -2.48. The van der Waals surface area contributed by atoms with E-state index in [0.29, 0.717) is 17.6 Å². The predicted octanol–water partition coefficient (Wildman–Crippen LogP) is 3.11. The Kier molecular flexibility index (Phi) is 5.23. The molecule has 1 aromatic carbocycles. The molecular formula is C17H27N3O. The first-order valence-electron chi connectivity index (χ1n) is 7.87. The van der Waals surface area contributed by atoms with Crippen LogP contribution in [0.15, 0.2) is 24.3 Å². The Morgan fingerprint density at radius 3 is 2.52 bits per heavy atom. The minimum Gasteiger partial charge on any atom is -0.399 e. The number of amides is 1. The van der Waals surface area contributed by atoms with Crippen molar-refractivity contribution in [3.63, 3.8) is 0 Å². The molecule has 1 aromatic rings. The molecule has 0 heterocycles. The van der Waals surface area contributed by atoms with Gasteiger partial charge >= 0.3 is 0 Å². The minimum atomic E-state index is -0.131. The van der Waals surface area contributed by atoms with Gasteiger partial charge in [0.2, 0.25) is 5.91 Å². The van der Waals surface area contributed by atoms with Crippen molar-refractivity contribution < 1.29 is 4.79 Å². The molecule has 0 aliphatic heterocycles. The van der Waals surface area contributed by atoms with E-state index >= 15 is 0 Å². The zero-order valence-corrected chi connectivity index (χ0v) is 13.3. The number of nitrogens with one attached hydrogen (secondary N) is 1. The van der Waals surface area contributed by atoms with Crippen molar-refractivity contribution in [3.05, 3.63) is 24.3 Å². The van der Waals surface area contributed by atoms with E-state index in [9.17, 15) is 4.79 Å². The normalized spacial score (nSPS) is 23.8. The van der Waals surface area contributed by atoms with E-state index in [-0.39, 0.29) is 11.9 Å². The lowest BCUT2D eigenvalue weighted by molar-refractivity contribution is -0.121. The second kappa shape index (κ2) is 6.94. The SMILES string of the molecule is CC1CCCCC1N(C)C(C)C(=O)Nc1ccc(N)cc1. The monoisotopic (exact) mass is 289 g/mol. The third-order valence-corrected chi connectivity index (χ3v) is 4.76. The van der Waals surface area contributed by atoms with E-state index in [1.807, 2.05) is 19.1 Å². The third-order valence-electron chi connectivity index (χ3n) is 4.76. The second-order valence-electron chi connectivity index (χ2n) is 6.28. The highest BCUT2D eigenvalue weighted by Gasteiger charge is 2.30. The van der Waals surface area contributed by atoms with Gasteiger partial charge in [-0.05, 0) is 57.0 Å². The maximum absolute atomic E-state index is 12.4. The second-order valence-corrected chi connectivity index (χ2v) is 6.28. The molecule has 1 fully saturated rings. The first-order chi connectivity index (χ1) is 9.99. The largest absolute Gasteiger partial charge is 0.399 e. The molecule has 2 rings (SSSR count). The third kappa shape index (κ3) is 3.97. The Bertz CT molecular complexity index is 471. The van der Waals surface area contributed by atoms with Gasteiger partial charge in [-0.3, -0.25) is 9.69 Å². The first-order valence-corrected chi connectivity index (χ1v) is 7.87. The number of nitrogen functional groups attached to an aromatic ring is 1. The molecule has 3 unspecified atom stereocenters. The smallest absolute Gasteiger partial charge is 0.241 e. The average Bonchev–Trinajstić information content (AvgIpc) is 2.48. The number of anilines is 2. The Morgan fingerprint density at radius 2 is 1.90 bits per heavy atom. The van der Waals surface area contributed by atoms with Gasteiger partial charge in [-0.2, -0.15) is 0 Å². The number of hydrogen-bond donors (Lipinski definition) is 2. The van der Waals surface area contributed by atoms with Crippen LogP contribution in [0.4, 0.5) is 11.4 Å². The van der Waals surface area contributed by atoms with Crippen molar-refractivity contribution in [3.8, 4) is 0 Å². The van der Waals surface area contributed by atoms with Crippen molar-refractivity contribution in [2.75, 3.05) is 18.1 Å². The summed E-state index contributed by atoms with van der Waals surface area (Å²) < 4.78 is 0. The summed E-state index contributed by atoms with van der Waals surface area (Å²) in [6, 6.07) is 7.64. The maximum Gasteiger partial charge on any atom is 0.241 e. The topological polar surface area (TPSA) is 58.4 Å². The number of likely N-dealkylation sites (N-methyl/N-ethyl adjacent to an activating group) is 1. The van der Waals surface area contributed by atoms with Crippen LogP contribution in [0, 0.1) is 5.92 Å². The van der Waals surface area contributed by atoms with Gasteiger partial charge in [0.15, 0.2) is 0 Å². The Hall–Kier alpha value is -1.55. The van der Waals surface area contributed by atoms with Crippen LogP contribution in [0.1, 0.15) is 39.5 Å². The highest BCUT2D eigenvalue weighted by molar-refractivity contribution is 5.94. The van der Waals surface area contributed by atoms with E-state index in [1.165, 1.54) is 25.7 Å². The summed E-state index contributed by atoms with van der Waals surface area (Å²) >= 11 is 0. The van der Waals surface area contributed by atoms with Crippen LogP contribution in [-0.2, 0) is 4.79 Å². The van der Waals surface area contributed by atoms with Crippen LogP contribution in [0.2, 0.25) is 0 Å². The van der Waals surface area contributed by atoms with Gasteiger partial charge in [-0.15, -0.1) is 0 Å². The summed E-state index contributed by atoms with van der Waals surface area (Å²) in [6.07, 6.45) is 5.04. The van der Waals surface area contributed by atoms with Gasteiger partial charge in [0.25, 0.3) is 0 Å². The molecule has 3 N–H and O–H groups in total. The standard InChI is InChI=1S/C17H27N3O/c1-12-6-4-5-7-16(12)20(3)13(2)17(21)19-15-10-8-14(18)9-11-15/h8-13,16H,4-7,18H2,1-3H3,(H,19,21). The van der Waals surface area contributed by atoms with E-state index in [1.54, 1.807) is 12.1 Å². The quantitative estimate of drug-likeness (QED) is 0.837. The number of carbonyl (C=O) groups excluding carboxylic acids is 1. The first kappa shape index (κ1) is 15.8. The van der Waals surface area contributed by atoms with Crippen molar-refractivity contribution in [1.29, 1.82) is 0 Å². The van der Waals surface area contributed by atoms with E-state index in [2.05, 4.69) is 24.2 Å². The molecule has 0 bridgehead atoms. The molecule has 0 saturated heterocycles. The fourth-order valence-corrected chi connectivity index (χ4v) is 3.19. The molecule has 116 valence electrons. The Balaban J connectivity index is 1.96. The minimum absolute atomic E-state index is 0.0417. The summed E-state index contributed by atoms with van der Waals surface area (Å²) in [6.45, 7) is 4.28. The highest BCUT2D eigenvalue weighted by Crippen LogP contribution is 2.28. The summed E-state index contributed by atoms with van der Waals surface area (Å²) in [7, 11) is 2.07. The van der Waals surface area contributed by atoms with Crippen LogP contribution >= 0.6 is 0 Å². The molecule has 3 atom stereocenters. The van der Waals surface area contributed by atoms with Crippen LogP contribution in [0.25, 0.3) is 0 Å². The number of carbonyl (C=O) groups is 1. The molecule has 1 aliphatic rings. The molecule has 4 heteroatoms. The lowest BCUT2D eigenvalue weighted by atomic mass is 9.84. The molecule has 4 nitrogen and oxygen atoms in total. The highest BCUT2D eigenvalue weighted by atomic mass is 16.2. The number of rotatable bonds is 4. The van der Waals surface area contributed by atoms with Gasteiger partial charge in [-0.1, -0.05) is 19.8 Å². The molecule has 0 aromatic heterocycles. The summed E-state index contributed by atoms with van der Waals surface area (Å²) in [4.78, 5) is 14.6. The number of nitrogens with zero attached hydrogens (tertiary/aromatic N) is 1. The van der Waals surface area contributed by atoms with Crippen LogP contribution < -0.4 is 11.1 Å². The van der Waals surface area contributed by atoms with Crippen LogP contribution in [-0.4, -0.2) is 29.9 Å². The molecule has 21 heavy (non-hydrogen) atoms. The zero-order valence-electron chi connectivity index (χ0n) is 13.3. The Morgan fingerprint density at radius 1 is 1.29 bits per heavy atom. The zero-order chi connectivity index (χ0) is 15.4. The Labute approximate surface area is 127 Å². The molecule has 1 amide bonds. The maximum atomic E-state index is 12.4. The van der Waals surface area contributed by atoms with Crippen molar-refractivity contribution in [2.24, 2.45) is 5.92 Å². The lowest BCUT2D eigenvalue weighted by Gasteiger charge is -2.39. The molecule has 0 spiro atoms. The van der Waals surface area contributed by atoms with Gasteiger partial charge in [0.1, 0.15) is 0 Å². The van der Waals surface area contributed by atoms with Gasteiger partial charge in [-0.25, -0.2) is 0 Å². The number of nitrogens with two attached hydrogens (primary N) is 1. The summed E-state index contributed by atoms with van der Waals surface area (Å²) in [5.41, 5.74) is 7.16. The molecule has 1 aliphatic carbocycles. The van der Waals surface area contributed by atoms with E-state index in [0.717, 1.165) is 5.69 Å². The predicted molar refractivity (Wildman–Crippen MR) is 88.1 cm³/mol. The molecule has 1 saturated carbocycles. The van der Waals surface area contributed by atoms with Crippen molar-refractivity contribution in [1.82, 2.24) is 4.90 Å². The van der Waals surface area contributed by atoms with Crippen molar-refractivity contribution >= 4 is 17.3 Å². The van der Waals surface area contributed by atoms with E-state index < -0.39 is 0 Å². The summed E-state index contributed by atoms with van der Waals surface area (Å²) in [5, 5.41) is 2.97. The van der Waals surface area contributed by atoms with Crippen LogP contribution in [0.3, 0.4) is 0 Å². The number of benzene rings is 1. The number of hydrogen-bond acceptors (Lipinski definition) is 3. The van der Waals surface area contributed by atoms with Gasteiger partial charge in [0, 0.05) is 17.4 Å². The fraction of sp³-hybridized carbons (Fsp3) is 0.588.